The first-order valence-corrected chi connectivity index (χ1v) is 11.4. The van der Waals surface area contributed by atoms with Gasteiger partial charge in [0.05, 0.1) is 11.3 Å². The largest absolute Gasteiger partial charge is 0.353 e. The Labute approximate surface area is 193 Å². The summed E-state index contributed by atoms with van der Waals surface area (Å²) in [6.07, 6.45) is 3.66. The van der Waals surface area contributed by atoms with Gasteiger partial charge in [0.1, 0.15) is 5.82 Å². The highest BCUT2D eigenvalue weighted by molar-refractivity contribution is 6.05. The number of para-hydroxylation sites is 1. The second-order valence-electron chi connectivity index (χ2n) is 8.57. The zero-order valence-corrected chi connectivity index (χ0v) is 18.7. The van der Waals surface area contributed by atoms with Crippen LogP contribution in [-0.4, -0.2) is 59.9 Å². The van der Waals surface area contributed by atoms with Crippen molar-refractivity contribution in [3.05, 3.63) is 72.4 Å². The number of benzene rings is 2. The monoisotopic (exact) mass is 441 g/mol. The van der Waals surface area contributed by atoms with E-state index in [4.69, 9.17) is 4.98 Å². The van der Waals surface area contributed by atoms with Crippen LogP contribution in [0.4, 0.5) is 11.5 Å². The summed E-state index contributed by atoms with van der Waals surface area (Å²) in [6, 6.07) is 19.2. The van der Waals surface area contributed by atoms with Crippen LogP contribution in [0.3, 0.4) is 0 Å². The fourth-order valence-electron chi connectivity index (χ4n) is 4.23. The number of rotatable bonds is 5. The molecule has 3 aromatic rings. The molecule has 2 amide bonds. The number of nitrogens with zero attached hydrogens (tertiary/aromatic N) is 5. The van der Waals surface area contributed by atoms with Crippen molar-refractivity contribution in [2.24, 2.45) is 5.92 Å². The molecule has 2 heterocycles. The molecule has 2 aromatic carbocycles. The minimum absolute atomic E-state index is 0.0339. The van der Waals surface area contributed by atoms with Gasteiger partial charge in [-0.15, -0.1) is 0 Å². The highest BCUT2D eigenvalue weighted by Crippen LogP contribution is 2.33. The van der Waals surface area contributed by atoms with Crippen LogP contribution in [0.5, 0.6) is 0 Å². The number of carbonyl (C=O) groups excluding carboxylic acids is 2. The fourth-order valence-corrected chi connectivity index (χ4v) is 4.23. The number of hydrogen-bond donors (Lipinski definition) is 0. The molecule has 1 aromatic heterocycles. The second kappa shape index (κ2) is 9.02. The maximum absolute atomic E-state index is 13.4. The molecular weight excluding hydrogens is 414 g/mol. The van der Waals surface area contributed by atoms with Crippen molar-refractivity contribution in [1.29, 1.82) is 0 Å². The van der Waals surface area contributed by atoms with Crippen LogP contribution >= 0.6 is 0 Å². The highest BCUT2D eigenvalue weighted by atomic mass is 16.2. The molecule has 0 radical (unpaired) electrons. The molecule has 33 heavy (non-hydrogen) atoms. The maximum atomic E-state index is 13.4. The van der Waals surface area contributed by atoms with Crippen LogP contribution in [0.1, 0.15) is 23.2 Å². The molecule has 1 aliphatic carbocycles. The van der Waals surface area contributed by atoms with E-state index in [1.807, 2.05) is 65.6 Å². The SMILES string of the molecule is CN(C(=O)C1CC1)c1ccccc1C(=O)N1CCN(c2ccnc(-c3ccccc3)n2)CC1. The van der Waals surface area contributed by atoms with E-state index >= 15 is 0 Å². The van der Waals surface area contributed by atoms with Crippen LogP contribution in [0.15, 0.2) is 66.9 Å². The summed E-state index contributed by atoms with van der Waals surface area (Å²) in [7, 11) is 1.77. The topological polar surface area (TPSA) is 69.6 Å². The summed E-state index contributed by atoms with van der Waals surface area (Å²) >= 11 is 0. The summed E-state index contributed by atoms with van der Waals surface area (Å²) in [6.45, 7) is 2.57. The molecule has 2 aliphatic rings. The first-order chi connectivity index (χ1) is 16.1. The van der Waals surface area contributed by atoms with Gasteiger partial charge in [-0.3, -0.25) is 9.59 Å². The Morgan fingerprint density at radius 3 is 2.33 bits per heavy atom. The maximum Gasteiger partial charge on any atom is 0.256 e. The van der Waals surface area contributed by atoms with Gasteiger partial charge >= 0.3 is 0 Å². The number of carbonyl (C=O) groups is 2. The molecular formula is C26H27N5O2. The van der Waals surface area contributed by atoms with Crippen LogP contribution in [0, 0.1) is 5.92 Å². The molecule has 1 aliphatic heterocycles. The fraction of sp³-hybridized carbons (Fsp3) is 0.308. The minimum Gasteiger partial charge on any atom is -0.353 e. The molecule has 0 bridgehead atoms. The zero-order valence-electron chi connectivity index (χ0n) is 18.7. The van der Waals surface area contributed by atoms with Gasteiger partial charge in [0.15, 0.2) is 5.82 Å². The standard InChI is InChI=1S/C26H27N5O2/c1-29(25(32)20-11-12-20)22-10-6-5-9-21(22)26(33)31-17-15-30(16-18-31)23-13-14-27-24(28-23)19-7-3-2-4-8-19/h2-10,13-14,20H,11-12,15-18H2,1H3. The molecule has 2 fully saturated rings. The van der Waals surface area contributed by atoms with Crippen molar-refractivity contribution < 1.29 is 9.59 Å². The predicted molar refractivity (Wildman–Crippen MR) is 128 cm³/mol. The molecule has 5 rings (SSSR count). The highest BCUT2D eigenvalue weighted by Gasteiger charge is 2.34. The Morgan fingerprint density at radius 1 is 0.909 bits per heavy atom. The van der Waals surface area contributed by atoms with Gasteiger partial charge in [-0.2, -0.15) is 0 Å². The molecule has 0 N–H and O–H groups in total. The van der Waals surface area contributed by atoms with Gasteiger partial charge < -0.3 is 14.7 Å². The van der Waals surface area contributed by atoms with E-state index in [1.165, 1.54) is 0 Å². The quantitative estimate of drug-likeness (QED) is 0.606. The van der Waals surface area contributed by atoms with Crippen LogP contribution in [0.2, 0.25) is 0 Å². The predicted octanol–water partition coefficient (Wildman–Crippen LogP) is 3.48. The zero-order chi connectivity index (χ0) is 22.8. The first kappa shape index (κ1) is 21.1. The molecule has 7 heteroatoms. The minimum atomic E-state index is -0.0339. The lowest BCUT2D eigenvalue weighted by Gasteiger charge is -2.36. The lowest BCUT2D eigenvalue weighted by molar-refractivity contribution is -0.119. The van der Waals surface area contributed by atoms with E-state index in [0.29, 0.717) is 43.3 Å². The van der Waals surface area contributed by atoms with Gasteiger partial charge in [0.2, 0.25) is 5.91 Å². The summed E-state index contributed by atoms with van der Waals surface area (Å²) in [5.74, 6) is 1.73. The van der Waals surface area contributed by atoms with Crippen molar-refractivity contribution in [3.63, 3.8) is 0 Å². The molecule has 1 saturated carbocycles. The second-order valence-corrected chi connectivity index (χ2v) is 8.57. The number of amides is 2. The van der Waals surface area contributed by atoms with Crippen LogP contribution in [0.25, 0.3) is 11.4 Å². The van der Waals surface area contributed by atoms with E-state index in [2.05, 4.69) is 9.88 Å². The van der Waals surface area contributed by atoms with Crippen molar-refractivity contribution in [2.75, 3.05) is 43.0 Å². The van der Waals surface area contributed by atoms with E-state index in [-0.39, 0.29) is 17.7 Å². The van der Waals surface area contributed by atoms with Gasteiger partial charge in [-0.25, -0.2) is 9.97 Å². The average Bonchev–Trinajstić information content (AvgIpc) is 3.74. The number of piperazine rings is 1. The molecule has 7 nitrogen and oxygen atoms in total. The van der Waals surface area contributed by atoms with Crippen LogP contribution in [-0.2, 0) is 4.79 Å². The Hall–Kier alpha value is -3.74. The normalized spacial score (nSPS) is 15.9. The van der Waals surface area contributed by atoms with Gasteiger partial charge in [-0.1, -0.05) is 42.5 Å². The Balaban J connectivity index is 1.28. The Bertz CT molecular complexity index is 1150. The third-order valence-corrected chi connectivity index (χ3v) is 6.32. The lowest BCUT2D eigenvalue weighted by atomic mass is 10.1. The number of aromatic nitrogens is 2. The van der Waals surface area contributed by atoms with E-state index in [9.17, 15) is 9.59 Å². The van der Waals surface area contributed by atoms with Gasteiger partial charge in [0.25, 0.3) is 5.91 Å². The van der Waals surface area contributed by atoms with Crippen molar-refractivity contribution in [2.45, 2.75) is 12.8 Å². The number of hydrogen-bond acceptors (Lipinski definition) is 5. The Morgan fingerprint density at radius 2 is 1.61 bits per heavy atom. The van der Waals surface area contributed by atoms with E-state index < -0.39 is 0 Å². The first-order valence-electron chi connectivity index (χ1n) is 11.4. The summed E-state index contributed by atoms with van der Waals surface area (Å²) in [5, 5.41) is 0. The molecule has 168 valence electrons. The van der Waals surface area contributed by atoms with Gasteiger partial charge in [0, 0.05) is 50.9 Å². The average molecular weight is 442 g/mol. The third kappa shape index (κ3) is 4.44. The van der Waals surface area contributed by atoms with Gasteiger partial charge in [-0.05, 0) is 31.0 Å². The summed E-state index contributed by atoms with van der Waals surface area (Å²) < 4.78 is 0. The van der Waals surface area contributed by atoms with Crippen molar-refractivity contribution >= 4 is 23.3 Å². The van der Waals surface area contributed by atoms with E-state index in [1.54, 1.807) is 18.1 Å². The van der Waals surface area contributed by atoms with Crippen molar-refractivity contribution in [1.82, 2.24) is 14.9 Å². The Kier molecular flexibility index (Phi) is 5.77. The molecule has 0 spiro atoms. The molecule has 1 saturated heterocycles. The summed E-state index contributed by atoms with van der Waals surface area (Å²) in [4.78, 5) is 40.8. The van der Waals surface area contributed by atoms with E-state index in [0.717, 1.165) is 24.2 Å². The molecule has 0 atom stereocenters. The van der Waals surface area contributed by atoms with Crippen LogP contribution < -0.4 is 9.80 Å². The van der Waals surface area contributed by atoms with Crippen molar-refractivity contribution in [3.8, 4) is 11.4 Å². The lowest BCUT2D eigenvalue weighted by Crippen LogP contribution is -2.49. The number of anilines is 2. The summed E-state index contributed by atoms with van der Waals surface area (Å²) in [5.41, 5.74) is 2.25. The molecule has 0 unspecified atom stereocenters. The third-order valence-electron chi connectivity index (χ3n) is 6.32. The smallest absolute Gasteiger partial charge is 0.256 e.